The first-order valence-electron chi connectivity index (χ1n) is 9.68. The Hall–Kier alpha value is -3.36. The van der Waals surface area contributed by atoms with Crippen LogP contribution in [-0.4, -0.2) is 90.3 Å². The van der Waals surface area contributed by atoms with Gasteiger partial charge in [-0.05, 0) is 24.3 Å². The van der Waals surface area contributed by atoms with Gasteiger partial charge in [-0.3, -0.25) is 14.4 Å². The van der Waals surface area contributed by atoms with Crippen LogP contribution in [0.5, 0.6) is 0 Å². The van der Waals surface area contributed by atoms with Gasteiger partial charge in [0.15, 0.2) is 5.76 Å². The summed E-state index contributed by atoms with van der Waals surface area (Å²) in [7, 11) is 0. The van der Waals surface area contributed by atoms with Crippen molar-refractivity contribution in [2.75, 3.05) is 57.3 Å². The number of pyridine rings is 1. The smallest absolute Gasteiger partial charge is 0.289 e. The van der Waals surface area contributed by atoms with Gasteiger partial charge < -0.3 is 24.0 Å². The van der Waals surface area contributed by atoms with Crippen LogP contribution in [0, 0.1) is 0 Å². The summed E-state index contributed by atoms with van der Waals surface area (Å²) < 4.78 is 5.16. The van der Waals surface area contributed by atoms with E-state index in [0.717, 1.165) is 25.2 Å². The largest absolute Gasteiger partial charge is 0.459 e. The van der Waals surface area contributed by atoms with E-state index in [1.807, 2.05) is 6.07 Å². The molecule has 0 radical (unpaired) electrons. The van der Waals surface area contributed by atoms with E-state index in [4.69, 9.17) is 4.42 Å². The maximum absolute atomic E-state index is 12.8. The summed E-state index contributed by atoms with van der Waals surface area (Å²) in [4.78, 5) is 47.6. The average molecular weight is 397 g/mol. The SMILES string of the molecule is O=CN1CCN(c2ccc(C(=O)N3CCN(C(=O)c4ccco4)CC3)nc2)CC1. The normalized spacial score (nSPS) is 17.4. The molecule has 2 aliphatic rings. The van der Waals surface area contributed by atoms with Crippen molar-refractivity contribution in [3.8, 4) is 0 Å². The minimum atomic E-state index is -0.153. The van der Waals surface area contributed by atoms with E-state index in [0.29, 0.717) is 50.7 Å². The second-order valence-corrected chi connectivity index (χ2v) is 7.09. The molecule has 2 fully saturated rings. The lowest BCUT2D eigenvalue weighted by molar-refractivity contribution is -0.118. The molecule has 2 aliphatic heterocycles. The molecular weight excluding hydrogens is 374 g/mol. The van der Waals surface area contributed by atoms with Crippen molar-refractivity contribution in [2.24, 2.45) is 0 Å². The number of aromatic nitrogens is 1. The van der Waals surface area contributed by atoms with Crippen molar-refractivity contribution in [1.82, 2.24) is 19.7 Å². The highest BCUT2D eigenvalue weighted by molar-refractivity contribution is 5.93. The molecular formula is C20H23N5O4. The Balaban J connectivity index is 1.32. The van der Waals surface area contributed by atoms with Crippen LogP contribution in [0.4, 0.5) is 5.69 Å². The first kappa shape index (κ1) is 19.0. The number of rotatable bonds is 4. The Morgan fingerprint density at radius 1 is 0.897 bits per heavy atom. The highest BCUT2D eigenvalue weighted by Crippen LogP contribution is 2.17. The molecule has 2 aromatic rings. The van der Waals surface area contributed by atoms with Crippen molar-refractivity contribution in [3.63, 3.8) is 0 Å². The Kier molecular flexibility index (Phi) is 5.46. The van der Waals surface area contributed by atoms with Crippen LogP contribution in [0.15, 0.2) is 41.1 Å². The number of carbonyl (C=O) groups excluding carboxylic acids is 3. The summed E-state index contributed by atoms with van der Waals surface area (Å²) in [6.45, 7) is 4.72. The second kappa shape index (κ2) is 8.34. The quantitative estimate of drug-likeness (QED) is 0.700. The van der Waals surface area contributed by atoms with E-state index in [1.54, 1.807) is 39.1 Å². The van der Waals surface area contributed by atoms with Crippen molar-refractivity contribution < 1.29 is 18.8 Å². The summed E-state index contributed by atoms with van der Waals surface area (Å²) in [6.07, 6.45) is 4.06. The lowest BCUT2D eigenvalue weighted by atomic mass is 10.2. The van der Waals surface area contributed by atoms with Gasteiger partial charge in [-0.2, -0.15) is 0 Å². The molecule has 0 aromatic carbocycles. The van der Waals surface area contributed by atoms with E-state index in [2.05, 4.69) is 9.88 Å². The Bertz CT molecular complexity index is 852. The zero-order valence-electron chi connectivity index (χ0n) is 16.1. The number of piperazine rings is 2. The van der Waals surface area contributed by atoms with E-state index in [-0.39, 0.29) is 11.8 Å². The Morgan fingerprint density at radius 2 is 1.59 bits per heavy atom. The molecule has 0 aliphatic carbocycles. The molecule has 2 aromatic heterocycles. The molecule has 4 heterocycles. The van der Waals surface area contributed by atoms with Crippen LogP contribution in [0.3, 0.4) is 0 Å². The summed E-state index contributed by atoms with van der Waals surface area (Å²) in [5.74, 6) is 0.0303. The summed E-state index contributed by atoms with van der Waals surface area (Å²) in [5.41, 5.74) is 1.34. The standard InChI is InChI=1S/C20H23N5O4/c26-15-22-5-7-23(8-6-22)16-3-4-17(21-14-16)19(27)24-9-11-25(12-10-24)20(28)18-2-1-13-29-18/h1-4,13-15H,5-12H2. The van der Waals surface area contributed by atoms with E-state index >= 15 is 0 Å². The monoisotopic (exact) mass is 397 g/mol. The maximum atomic E-state index is 12.8. The van der Waals surface area contributed by atoms with E-state index in [9.17, 15) is 14.4 Å². The van der Waals surface area contributed by atoms with Gasteiger partial charge in [0.05, 0.1) is 18.1 Å². The average Bonchev–Trinajstić information content (AvgIpc) is 3.33. The van der Waals surface area contributed by atoms with Crippen molar-refractivity contribution in [1.29, 1.82) is 0 Å². The number of nitrogens with zero attached hydrogens (tertiary/aromatic N) is 5. The van der Waals surface area contributed by atoms with Crippen molar-refractivity contribution in [2.45, 2.75) is 0 Å². The number of hydrogen-bond acceptors (Lipinski definition) is 6. The third-order valence-corrected chi connectivity index (χ3v) is 5.38. The maximum Gasteiger partial charge on any atom is 0.289 e. The minimum Gasteiger partial charge on any atom is -0.459 e. The molecule has 0 N–H and O–H groups in total. The molecule has 152 valence electrons. The molecule has 9 nitrogen and oxygen atoms in total. The van der Waals surface area contributed by atoms with E-state index in [1.165, 1.54) is 6.26 Å². The highest BCUT2D eigenvalue weighted by atomic mass is 16.3. The molecule has 2 saturated heterocycles. The second-order valence-electron chi connectivity index (χ2n) is 7.09. The van der Waals surface area contributed by atoms with Crippen LogP contribution in [0.25, 0.3) is 0 Å². The molecule has 0 bridgehead atoms. The van der Waals surface area contributed by atoms with Gasteiger partial charge in [0.25, 0.3) is 11.8 Å². The summed E-state index contributed by atoms with van der Waals surface area (Å²) in [6, 6.07) is 6.96. The van der Waals surface area contributed by atoms with Gasteiger partial charge in [0.2, 0.25) is 6.41 Å². The molecule has 3 amide bonds. The zero-order chi connectivity index (χ0) is 20.2. The van der Waals surface area contributed by atoms with Crippen LogP contribution in [0.2, 0.25) is 0 Å². The molecule has 0 saturated carbocycles. The highest BCUT2D eigenvalue weighted by Gasteiger charge is 2.27. The molecule has 29 heavy (non-hydrogen) atoms. The molecule has 0 atom stereocenters. The number of hydrogen-bond donors (Lipinski definition) is 0. The van der Waals surface area contributed by atoms with Gasteiger partial charge in [-0.25, -0.2) is 4.98 Å². The van der Waals surface area contributed by atoms with Crippen LogP contribution < -0.4 is 4.90 Å². The van der Waals surface area contributed by atoms with E-state index < -0.39 is 0 Å². The first-order chi connectivity index (χ1) is 14.2. The van der Waals surface area contributed by atoms with Crippen molar-refractivity contribution >= 4 is 23.9 Å². The Labute approximate surface area is 168 Å². The predicted molar refractivity (Wildman–Crippen MR) is 105 cm³/mol. The zero-order valence-corrected chi connectivity index (χ0v) is 16.1. The summed E-state index contributed by atoms with van der Waals surface area (Å²) >= 11 is 0. The van der Waals surface area contributed by atoms with Gasteiger partial charge in [0, 0.05) is 52.4 Å². The topological polar surface area (TPSA) is 90.2 Å². The number of amides is 3. The van der Waals surface area contributed by atoms with Crippen LogP contribution >= 0.6 is 0 Å². The lowest BCUT2D eigenvalue weighted by Gasteiger charge is -2.35. The van der Waals surface area contributed by atoms with Crippen LogP contribution in [0.1, 0.15) is 21.0 Å². The molecule has 0 spiro atoms. The van der Waals surface area contributed by atoms with Crippen LogP contribution in [-0.2, 0) is 4.79 Å². The van der Waals surface area contributed by atoms with Gasteiger partial charge >= 0.3 is 0 Å². The fraction of sp³-hybridized carbons (Fsp3) is 0.400. The first-order valence-corrected chi connectivity index (χ1v) is 9.68. The number of anilines is 1. The fourth-order valence-corrected chi connectivity index (χ4v) is 3.62. The fourth-order valence-electron chi connectivity index (χ4n) is 3.62. The van der Waals surface area contributed by atoms with Gasteiger partial charge in [-0.15, -0.1) is 0 Å². The number of carbonyl (C=O) groups is 3. The predicted octanol–water partition coefficient (Wildman–Crippen LogP) is 0.551. The molecule has 9 heteroatoms. The van der Waals surface area contributed by atoms with Gasteiger partial charge in [-0.1, -0.05) is 0 Å². The third-order valence-electron chi connectivity index (χ3n) is 5.38. The lowest BCUT2D eigenvalue weighted by Crippen LogP contribution is -2.50. The summed E-state index contributed by atoms with van der Waals surface area (Å²) in [5, 5.41) is 0. The molecule has 0 unspecified atom stereocenters. The third kappa shape index (κ3) is 4.08. The Morgan fingerprint density at radius 3 is 2.14 bits per heavy atom. The van der Waals surface area contributed by atoms with Gasteiger partial charge in [0.1, 0.15) is 5.69 Å². The number of furan rings is 1. The van der Waals surface area contributed by atoms with Crippen molar-refractivity contribution in [3.05, 3.63) is 48.2 Å². The molecule has 4 rings (SSSR count). The minimum absolute atomic E-state index is 0.132.